The molecule has 0 radical (unpaired) electrons. The van der Waals surface area contributed by atoms with Crippen molar-refractivity contribution in [1.29, 1.82) is 0 Å². The van der Waals surface area contributed by atoms with Crippen molar-refractivity contribution in [3.8, 4) is 5.82 Å². The van der Waals surface area contributed by atoms with E-state index in [0.29, 0.717) is 0 Å². The number of aromatic nitrogens is 3. The minimum atomic E-state index is -0.201. The smallest absolute Gasteiger partial charge is 0.318 e. The summed E-state index contributed by atoms with van der Waals surface area (Å²) in [6.45, 7) is 1.84. The van der Waals surface area contributed by atoms with Gasteiger partial charge in [0.2, 0.25) is 0 Å². The van der Waals surface area contributed by atoms with Gasteiger partial charge in [0.15, 0.2) is 0 Å². The molecular formula is C13H15N3O2S. The van der Waals surface area contributed by atoms with Crippen LogP contribution >= 0.6 is 11.8 Å². The lowest BCUT2D eigenvalue weighted by Crippen LogP contribution is -2.14. The monoisotopic (exact) mass is 277 g/mol. The normalized spacial score (nSPS) is 12.1. The molecule has 2 aromatic heterocycles. The highest BCUT2D eigenvalue weighted by Crippen LogP contribution is 2.18. The predicted molar refractivity (Wildman–Crippen MR) is 74.1 cm³/mol. The summed E-state index contributed by atoms with van der Waals surface area (Å²) in [4.78, 5) is 19.6. The van der Waals surface area contributed by atoms with Crippen LogP contribution < -0.4 is 0 Å². The second kappa shape index (κ2) is 6.38. The maximum absolute atomic E-state index is 11.3. The van der Waals surface area contributed by atoms with Crippen LogP contribution in [0.3, 0.4) is 0 Å². The van der Waals surface area contributed by atoms with Crippen molar-refractivity contribution in [1.82, 2.24) is 14.5 Å². The van der Waals surface area contributed by atoms with Gasteiger partial charge in [-0.05, 0) is 18.6 Å². The maximum atomic E-state index is 11.3. The Morgan fingerprint density at radius 2 is 2.37 bits per heavy atom. The van der Waals surface area contributed by atoms with Crippen molar-refractivity contribution in [3.63, 3.8) is 0 Å². The Labute approximate surface area is 116 Å². The largest absolute Gasteiger partial charge is 0.468 e. The molecule has 0 N–H and O–H groups in total. The Hall–Kier alpha value is -1.82. The molecule has 0 saturated carbocycles. The van der Waals surface area contributed by atoms with Crippen molar-refractivity contribution in [2.75, 3.05) is 7.11 Å². The molecule has 0 unspecified atom stereocenters. The van der Waals surface area contributed by atoms with Crippen LogP contribution in [0, 0.1) is 0 Å². The van der Waals surface area contributed by atoms with Gasteiger partial charge in [0.1, 0.15) is 12.1 Å². The molecular weight excluding hydrogens is 262 g/mol. The molecule has 2 rings (SSSR count). The zero-order chi connectivity index (χ0) is 13.7. The van der Waals surface area contributed by atoms with Crippen molar-refractivity contribution < 1.29 is 9.53 Å². The number of methoxy groups -OCH3 is 1. The van der Waals surface area contributed by atoms with Crippen molar-refractivity contribution in [2.24, 2.45) is 0 Å². The summed E-state index contributed by atoms with van der Waals surface area (Å²) in [6.07, 6.45) is 7.07. The first-order valence-electron chi connectivity index (χ1n) is 5.83. The van der Waals surface area contributed by atoms with Crippen molar-refractivity contribution in [3.05, 3.63) is 42.6 Å². The molecule has 2 heterocycles. The second-order valence-corrected chi connectivity index (χ2v) is 5.30. The Kier molecular flexibility index (Phi) is 4.57. The van der Waals surface area contributed by atoms with Crippen LogP contribution in [0.5, 0.6) is 0 Å². The van der Waals surface area contributed by atoms with Crippen molar-refractivity contribution in [2.45, 2.75) is 17.9 Å². The summed E-state index contributed by atoms with van der Waals surface area (Å²) in [7, 11) is 1.40. The zero-order valence-corrected chi connectivity index (χ0v) is 11.6. The molecule has 2 aromatic rings. The van der Waals surface area contributed by atoms with Gasteiger partial charge in [-0.1, -0.05) is 6.07 Å². The average molecular weight is 277 g/mol. The number of carbonyl (C=O) groups is 1. The molecule has 6 heteroatoms. The van der Waals surface area contributed by atoms with E-state index in [9.17, 15) is 4.79 Å². The molecule has 0 aliphatic carbocycles. The fraction of sp³-hybridized carbons (Fsp3) is 0.308. The van der Waals surface area contributed by atoms with Crippen LogP contribution in [0.2, 0.25) is 0 Å². The van der Waals surface area contributed by atoms with Crippen LogP contribution in [0.1, 0.15) is 12.5 Å². The first-order chi connectivity index (χ1) is 9.20. The van der Waals surface area contributed by atoms with E-state index in [2.05, 4.69) is 14.7 Å². The van der Waals surface area contributed by atoms with Crippen LogP contribution in [-0.2, 0) is 15.3 Å². The lowest BCUT2D eigenvalue weighted by molar-refractivity contribution is -0.139. The van der Waals surface area contributed by atoms with Gasteiger partial charge in [0.25, 0.3) is 0 Å². The molecule has 0 spiro atoms. The highest BCUT2D eigenvalue weighted by molar-refractivity contribution is 7.99. The third-order valence-corrected chi connectivity index (χ3v) is 3.80. The Bertz CT molecular complexity index is 525. The molecule has 5 nitrogen and oxygen atoms in total. The number of ether oxygens (including phenoxy) is 1. The summed E-state index contributed by atoms with van der Waals surface area (Å²) in [5.41, 5.74) is 1.07. The topological polar surface area (TPSA) is 57.0 Å². The zero-order valence-electron chi connectivity index (χ0n) is 10.8. The minimum absolute atomic E-state index is 0.168. The van der Waals surface area contributed by atoms with Gasteiger partial charge in [-0.2, -0.15) is 0 Å². The summed E-state index contributed by atoms with van der Waals surface area (Å²) >= 11 is 1.53. The summed E-state index contributed by atoms with van der Waals surface area (Å²) in [6, 6.07) is 3.93. The van der Waals surface area contributed by atoms with E-state index in [1.807, 2.05) is 36.0 Å². The number of hydrogen-bond acceptors (Lipinski definition) is 5. The number of nitrogens with zero attached hydrogens (tertiary/aromatic N) is 3. The van der Waals surface area contributed by atoms with Gasteiger partial charge >= 0.3 is 5.97 Å². The molecule has 19 heavy (non-hydrogen) atoms. The van der Waals surface area contributed by atoms with E-state index >= 15 is 0 Å². The highest BCUT2D eigenvalue weighted by atomic mass is 32.2. The minimum Gasteiger partial charge on any atom is -0.468 e. The van der Waals surface area contributed by atoms with Gasteiger partial charge in [-0.25, -0.2) is 9.97 Å². The third kappa shape index (κ3) is 3.57. The Morgan fingerprint density at radius 1 is 1.53 bits per heavy atom. The van der Waals surface area contributed by atoms with E-state index in [4.69, 9.17) is 0 Å². The summed E-state index contributed by atoms with van der Waals surface area (Å²) < 4.78 is 6.52. The second-order valence-electron chi connectivity index (χ2n) is 3.97. The van der Waals surface area contributed by atoms with Gasteiger partial charge < -0.3 is 4.74 Å². The summed E-state index contributed by atoms with van der Waals surface area (Å²) in [5.74, 6) is 1.35. The van der Waals surface area contributed by atoms with Gasteiger partial charge in [-0.15, -0.1) is 11.8 Å². The summed E-state index contributed by atoms with van der Waals surface area (Å²) in [5, 5.41) is -0.168. The van der Waals surface area contributed by atoms with E-state index in [1.165, 1.54) is 18.9 Å². The molecule has 1 atom stereocenters. The van der Waals surface area contributed by atoms with Crippen LogP contribution in [-0.4, -0.2) is 32.9 Å². The number of esters is 1. The van der Waals surface area contributed by atoms with Crippen LogP contribution in [0.25, 0.3) is 5.82 Å². The number of rotatable bonds is 5. The Balaban J connectivity index is 1.94. The number of pyridine rings is 1. The lowest BCUT2D eigenvalue weighted by Gasteiger charge is -2.08. The molecule has 0 bridgehead atoms. The fourth-order valence-corrected chi connectivity index (χ4v) is 2.35. The average Bonchev–Trinajstić information content (AvgIpc) is 2.98. The van der Waals surface area contributed by atoms with Gasteiger partial charge in [-0.3, -0.25) is 9.36 Å². The maximum Gasteiger partial charge on any atom is 0.318 e. The SMILES string of the molecule is COC(=O)[C@@H](C)SCc1ccc(-n2ccnc2)nc1. The first-order valence-corrected chi connectivity index (χ1v) is 6.88. The predicted octanol–water partition coefficient (Wildman–Crippen LogP) is 2.06. The van der Waals surface area contributed by atoms with E-state index in [1.54, 1.807) is 12.5 Å². The van der Waals surface area contributed by atoms with Gasteiger partial charge in [0, 0.05) is 24.3 Å². The van der Waals surface area contributed by atoms with E-state index in [-0.39, 0.29) is 11.2 Å². The van der Waals surface area contributed by atoms with Crippen LogP contribution in [0.4, 0.5) is 0 Å². The Morgan fingerprint density at radius 3 is 2.95 bits per heavy atom. The standard InChI is InChI=1S/C13H15N3O2S/c1-10(13(17)18-2)19-8-11-3-4-12(15-7-11)16-6-5-14-9-16/h3-7,9-10H,8H2,1-2H3/t10-/m1/s1. The number of imidazole rings is 1. The molecule has 0 fully saturated rings. The molecule has 0 saturated heterocycles. The number of carbonyl (C=O) groups excluding carboxylic acids is 1. The first kappa shape index (κ1) is 13.6. The van der Waals surface area contributed by atoms with E-state index < -0.39 is 0 Å². The van der Waals surface area contributed by atoms with E-state index in [0.717, 1.165) is 17.1 Å². The van der Waals surface area contributed by atoms with Crippen LogP contribution in [0.15, 0.2) is 37.1 Å². The fourth-order valence-electron chi connectivity index (χ4n) is 1.50. The third-order valence-electron chi connectivity index (χ3n) is 2.61. The lowest BCUT2D eigenvalue weighted by atomic mass is 10.3. The molecule has 100 valence electrons. The quantitative estimate of drug-likeness (QED) is 0.783. The highest BCUT2D eigenvalue weighted by Gasteiger charge is 2.13. The van der Waals surface area contributed by atoms with Crippen molar-refractivity contribution >= 4 is 17.7 Å². The molecule has 0 aliphatic rings. The molecule has 0 aliphatic heterocycles. The number of hydrogen-bond donors (Lipinski definition) is 0. The van der Waals surface area contributed by atoms with Gasteiger partial charge in [0.05, 0.1) is 12.4 Å². The molecule has 0 aromatic carbocycles. The number of thioether (sulfide) groups is 1. The molecule has 0 amide bonds.